The van der Waals surface area contributed by atoms with E-state index in [-0.39, 0.29) is 5.41 Å². The van der Waals surface area contributed by atoms with Crippen molar-refractivity contribution in [3.63, 3.8) is 0 Å². The first-order valence-corrected chi connectivity index (χ1v) is 5.46. The highest BCUT2D eigenvalue weighted by atomic mass is 14.7. The van der Waals surface area contributed by atoms with Crippen molar-refractivity contribution in [2.24, 2.45) is 0 Å². The summed E-state index contributed by atoms with van der Waals surface area (Å²) in [6.45, 7) is 8.40. The van der Waals surface area contributed by atoms with Crippen LogP contribution in [-0.2, 0) is 5.41 Å². The third-order valence-electron chi connectivity index (χ3n) is 2.82. The second kappa shape index (κ2) is 3.38. The molecule has 1 heterocycles. The zero-order valence-corrected chi connectivity index (χ0v) is 10.2. The summed E-state index contributed by atoms with van der Waals surface area (Å²) in [5, 5.41) is 10.3. The molecular weight excluding hydrogens is 196 g/mol. The van der Waals surface area contributed by atoms with Crippen molar-refractivity contribution in [3.05, 3.63) is 35.0 Å². The van der Waals surface area contributed by atoms with E-state index in [9.17, 15) is 5.26 Å². The van der Waals surface area contributed by atoms with Gasteiger partial charge in [-0.2, -0.15) is 5.26 Å². The smallest absolute Gasteiger partial charge is 0.102 e. The molecule has 16 heavy (non-hydrogen) atoms. The van der Waals surface area contributed by atoms with E-state index in [2.05, 4.69) is 44.0 Å². The molecule has 0 spiro atoms. The van der Waals surface area contributed by atoms with Crippen LogP contribution in [-0.4, -0.2) is 4.98 Å². The predicted molar refractivity (Wildman–Crippen MR) is 66.5 cm³/mol. The molecule has 0 saturated heterocycles. The second-order valence-corrected chi connectivity index (χ2v) is 5.29. The normalized spacial score (nSPS) is 11.7. The molecule has 82 valence electrons. The average molecular weight is 212 g/mol. The van der Waals surface area contributed by atoms with Crippen molar-refractivity contribution in [1.82, 2.24) is 4.98 Å². The highest BCUT2D eigenvalue weighted by molar-refractivity contribution is 5.88. The summed E-state index contributed by atoms with van der Waals surface area (Å²) in [5.41, 5.74) is 4.01. The Hall–Kier alpha value is -1.75. The van der Waals surface area contributed by atoms with Gasteiger partial charge < -0.3 is 4.98 Å². The van der Waals surface area contributed by atoms with E-state index < -0.39 is 0 Å². The molecule has 2 nitrogen and oxygen atoms in total. The number of nitrogens with one attached hydrogen (secondary N) is 1. The molecule has 2 heteroatoms. The highest BCUT2D eigenvalue weighted by Crippen LogP contribution is 2.31. The second-order valence-electron chi connectivity index (χ2n) is 5.29. The minimum absolute atomic E-state index is 0.0298. The van der Waals surface area contributed by atoms with E-state index in [0.29, 0.717) is 0 Å². The van der Waals surface area contributed by atoms with Gasteiger partial charge in [0.1, 0.15) is 6.07 Å². The van der Waals surface area contributed by atoms with Crippen LogP contribution in [0.1, 0.15) is 37.6 Å². The van der Waals surface area contributed by atoms with Gasteiger partial charge >= 0.3 is 0 Å². The Morgan fingerprint density at radius 2 is 1.94 bits per heavy atom. The van der Waals surface area contributed by atoms with Crippen LogP contribution in [0.3, 0.4) is 0 Å². The summed E-state index contributed by atoms with van der Waals surface area (Å²) in [6.07, 6.45) is 0. The Kier molecular flexibility index (Phi) is 2.27. The lowest BCUT2D eigenvalue weighted by atomic mass is 9.89. The third kappa shape index (κ3) is 1.59. The maximum absolute atomic E-state index is 9.29. The Bertz CT molecular complexity index is 577. The summed E-state index contributed by atoms with van der Waals surface area (Å²) in [7, 11) is 0. The van der Waals surface area contributed by atoms with Crippen LogP contribution in [0.2, 0.25) is 0 Å². The third-order valence-corrected chi connectivity index (χ3v) is 2.82. The van der Waals surface area contributed by atoms with Gasteiger partial charge in [0.15, 0.2) is 0 Å². The molecule has 0 amide bonds. The standard InChI is InChI=1S/C14H16N2/c1-9-5-6-12-10(7-9)11(8-15)13(16-12)14(2,3)4/h5-7,16H,1-4H3. The van der Waals surface area contributed by atoms with Gasteiger partial charge in [-0.15, -0.1) is 0 Å². The quantitative estimate of drug-likeness (QED) is 0.711. The average Bonchev–Trinajstić information content (AvgIpc) is 2.54. The lowest BCUT2D eigenvalue weighted by Crippen LogP contribution is -2.13. The molecule has 0 aliphatic carbocycles. The number of fused-ring (bicyclic) bond motifs is 1. The lowest BCUT2D eigenvalue weighted by Gasteiger charge is -2.16. The van der Waals surface area contributed by atoms with Crippen molar-refractivity contribution >= 4 is 10.9 Å². The van der Waals surface area contributed by atoms with E-state index in [1.165, 1.54) is 5.56 Å². The Morgan fingerprint density at radius 1 is 1.25 bits per heavy atom. The number of aryl methyl sites for hydroxylation is 1. The van der Waals surface area contributed by atoms with Crippen molar-refractivity contribution < 1.29 is 0 Å². The molecule has 0 unspecified atom stereocenters. The van der Waals surface area contributed by atoms with Crippen LogP contribution < -0.4 is 0 Å². The molecule has 0 radical (unpaired) electrons. The molecule has 0 fully saturated rings. The van der Waals surface area contributed by atoms with Crippen molar-refractivity contribution in [2.75, 3.05) is 0 Å². The molecule has 2 aromatic rings. The number of hydrogen-bond acceptors (Lipinski definition) is 1. The predicted octanol–water partition coefficient (Wildman–Crippen LogP) is 3.65. The van der Waals surface area contributed by atoms with Gasteiger partial charge in [0.2, 0.25) is 0 Å². The van der Waals surface area contributed by atoms with Gasteiger partial charge in [-0.3, -0.25) is 0 Å². The molecule has 0 saturated carbocycles. The van der Waals surface area contributed by atoms with Gasteiger partial charge in [0.25, 0.3) is 0 Å². The summed E-state index contributed by atoms with van der Waals surface area (Å²) in [4.78, 5) is 3.36. The number of aromatic nitrogens is 1. The minimum atomic E-state index is -0.0298. The highest BCUT2D eigenvalue weighted by Gasteiger charge is 2.22. The largest absolute Gasteiger partial charge is 0.357 e. The van der Waals surface area contributed by atoms with Gasteiger partial charge in [-0.25, -0.2) is 0 Å². The van der Waals surface area contributed by atoms with Crippen molar-refractivity contribution in [2.45, 2.75) is 33.1 Å². The molecular formula is C14H16N2. The molecule has 1 aromatic carbocycles. The zero-order chi connectivity index (χ0) is 11.9. The summed E-state index contributed by atoms with van der Waals surface area (Å²) in [6, 6.07) is 8.49. The molecule has 0 aliphatic rings. The number of aromatic amines is 1. The number of hydrogen-bond donors (Lipinski definition) is 1. The summed E-state index contributed by atoms with van der Waals surface area (Å²) < 4.78 is 0. The lowest BCUT2D eigenvalue weighted by molar-refractivity contribution is 0.572. The fourth-order valence-electron chi connectivity index (χ4n) is 1.98. The molecule has 1 aromatic heterocycles. The summed E-state index contributed by atoms with van der Waals surface area (Å²) >= 11 is 0. The fraction of sp³-hybridized carbons (Fsp3) is 0.357. The fourth-order valence-corrected chi connectivity index (χ4v) is 1.98. The molecule has 0 atom stereocenters. The van der Waals surface area contributed by atoms with Crippen LogP contribution in [0.5, 0.6) is 0 Å². The molecule has 2 rings (SSSR count). The van der Waals surface area contributed by atoms with Crippen LogP contribution in [0.15, 0.2) is 18.2 Å². The van der Waals surface area contributed by atoms with E-state index in [1.807, 2.05) is 13.0 Å². The first kappa shape index (κ1) is 10.8. The number of rotatable bonds is 0. The van der Waals surface area contributed by atoms with Crippen molar-refractivity contribution in [3.8, 4) is 6.07 Å². The van der Waals surface area contributed by atoms with Gasteiger partial charge in [0, 0.05) is 22.0 Å². The molecule has 0 bridgehead atoms. The Balaban J connectivity index is 2.84. The molecule has 1 N–H and O–H groups in total. The first-order chi connectivity index (χ1) is 7.43. The molecule has 0 aliphatic heterocycles. The summed E-state index contributed by atoms with van der Waals surface area (Å²) in [5.74, 6) is 0. The van der Waals surface area contributed by atoms with Crippen LogP contribution >= 0.6 is 0 Å². The van der Waals surface area contributed by atoms with Gasteiger partial charge in [-0.1, -0.05) is 32.4 Å². The van der Waals surface area contributed by atoms with Crippen LogP contribution in [0.4, 0.5) is 0 Å². The first-order valence-electron chi connectivity index (χ1n) is 5.46. The van der Waals surface area contributed by atoms with E-state index in [4.69, 9.17) is 0 Å². The number of nitrogens with zero attached hydrogens (tertiary/aromatic N) is 1. The number of nitriles is 1. The van der Waals surface area contributed by atoms with Crippen molar-refractivity contribution in [1.29, 1.82) is 5.26 Å². The van der Waals surface area contributed by atoms with E-state index in [1.54, 1.807) is 0 Å². The van der Waals surface area contributed by atoms with Crippen LogP contribution in [0.25, 0.3) is 10.9 Å². The Labute approximate surface area is 95.9 Å². The zero-order valence-electron chi connectivity index (χ0n) is 10.2. The number of H-pyrrole nitrogens is 1. The Morgan fingerprint density at radius 3 is 2.50 bits per heavy atom. The topological polar surface area (TPSA) is 39.6 Å². The van der Waals surface area contributed by atoms with Gasteiger partial charge in [-0.05, 0) is 19.1 Å². The number of benzene rings is 1. The SMILES string of the molecule is Cc1ccc2[nH]c(C(C)(C)C)c(C#N)c2c1. The van der Waals surface area contributed by atoms with E-state index in [0.717, 1.165) is 22.2 Å². The van der Waals surface area contributed by atoms with Crippen LogP contribution in [0, 0.1) is 18.3 Å². The monoisotopic (exact) mass is 212 g/mol. The van der Waals surface area contributed by atoms with E-state index >= 15 is 0 Å². The van der Waals surface area contributed by atoms with Gasteiger partial charge in [0.05, 0.1) is 5.56 Å². The maximum atomic E-state index is 9.29. The minimum Gasteiger partial charge on any atom is -0.357 e. The maximum Gasteiger partial charge on any atom is 0.102 e.